The van der Waals surface area contributed by atoms with Crippen LogP contribution in [-0.4, -0.2) is 18.0 Å². The van der Waals surface area contributed by atoms with E-state index in [0.29, 0.717) is 17.9 Å². The van der Waals surface area contributed by atoms with Crippen LogP contribution in [-0.2, 0) is 0 Å². The quantitative estimate of drug-likeness (QED) is 0.597. The summed E-state index contributed by atoms with van der Waals surface area (Å²) in [6.45, 7) is 2.32. The van der Waals surface area contributed by atoms with Gasteiger partial charge in [-0.25, -0.2) is 0 Å². The third-order valence-corrected chi connectivity index (χ3v) is 4.02. The molecule has 1 aliphatic heterocycles. The van der Waals surface area contributed by atoms with E-state index in [0.717, 1.165) is 0 Å². The average molecular weight is 213 g/mol. The van der Waals surface area contributed by atoms with Crippen molar-refractivity contribution in [1.29, 1.82) is 0 Å². The van der Waals surface area contributed by atoms with Crippen LogP contribution in [0.3, 0.4) is 0 Å². The number of hydrogen-bond acceptors (Lipinski definition) is 1. The van der Waals surface area contributed by atoms with Crippen LogP contribution in [0.25, 0.3) is 0 Å². The largest absolute Gasteiger partial charge is 0.367 e. The van der Waals surface area contributed by atoms with Gasteiger partial charge in [0.2, 0.25) is 0 Å². The van der Waals surface area contributed by atoms with E-state index in [1.165, 1.54) is 18.5 Å². The Morgan fingerprint density at radius 3 is 2.94 bits per heavy atom. The van der Waals surface area contributed by atoms with Crippen molar-refractivity contribution in [3.8, 4) is 0 Å². The lowest BCUT2D eigenvalue weighted by molar-refractivity contribution is 0.374. The van der Waals surface area contributed by atoms with Gasteiger partial charge in [-0.3, -0.25) is 0 Å². The number of nitrogens with zero attached hydrogens (tertiary/aromatic N) is 1. The van der Waals surface area contributed by atoms with Crippen LogP contribution < -0.4 is 0 Å². The number of likely N-dealkylation sites (N-methyl/N-ethyl adjacent to an activating group) is 1. The maximum Gasteiger partial charge on any atom is 0.0576 e. The first kappa shape index (κ1) is 9.95. The normalized spacial score (nSPS) is 36.4. The van der Waals surface area contributed by atoms with Crippen LogP contribution in [0.4, 0.5) is 0 Å². The van der Waals surface area contributed by atoms with Gasteiger partial charge < -0.3 is 4.90 Å². The van der Waals surface area contributed by atoms with Crippen LogP contribution in [0.1, 0.15) is 19.8 Å². The minimum absolute atomic E-state index is 0.549. The van der Waals surface area contributed by atoms with Crippen LogP contribution >= 0.6 is 0 Å². The molecule has 0 aromatic carbocycles. The van der Waals surface area contributed by atoms with E-state index in [-0.39, 0.29) is 0 Å². The summed E-state index contributed by atoms with van der Waals surface area (Å²) in [5.41, 5.74) is 3.02. The van der Waals surface area contributed by atoms with Crippen molar-refractivity contribution in [2.45, 2.75) is 25.8 Å². The molecule has 3 aliphatic rings. The molecule has 0 radical (unpaired) electrons. The Kier molecular flexibility index (Phi) is 2.27. The van der Waals surface area contributed by atoms with Crippen LogP contribution in [0.15, 0.2) is 47.7 Å². The predicted octanol–water partition coefficient (Wildman–Crippen LogP) is 3.28. The van der Waals surface area contributed by atoms with Crippen molar-refractivity contribution in [2.75, 3.05) is 7.05 Å². The highest BCUT2D eigenvalue weighted by Crippen LogP contribution is 2.42. The monoisotopic (exact) mass is 213 g/mol. The molecule has 1 fully saturated rings. The maximum absolute atomic E-state index is 2.46. The minimum Gasteiger partial charge on any atom is -0.367 e. The summed E-state index contributed by atoms with van der Waals surface area (Å²) in [6, 6.07) is 0.549. The number of likely N-dealkylation sites (tertiary alicyclic amines) is 1. The van der Waals surface area contributed by atoms with Gasteiger partial charge in [0.15, 0.2) is 0 Å². The van der Waals surface area contributed by atoms with Gasteiger partial charge in [0.25, 0.3) is 0 Å². The van der Waals surface area contributed by atoms with Crippen molar-refractivity contribution in [3.05, 3.63) is 47.7 Å². The lowest BCUT2D eigenvalue weighted by Crippen LogP contribution is -2.26. The van der Waals surface area contributed by atoms with Crippen molar-refractivity contribution in [3.63, 3.8) is 0 Å². The molecule has 0 saturated carbocycles. The van der Waals surface area contributed by atoms with Gasteiger partial charge in [0.05, 0.1) is 6.04 Å². The van der Waals surface area contributed by atoms with E-state index in [2.05, 4.69) is 55.3 Å². The summed E-state index contributed by atoms with van der Waals surface area (Å²) >= 11 is 0. The van der Waals surface area contributed by atoms with E-state index >= 15 is 0 Å². The maximum atomic E-state index is 2.46. The van der Waals surface area contributed by atoms with Gasteiger partial charge in [0.1, 0.15) is 0 Å². The molecule has 0 aromatic rings. The fraction of sp³-hybridized carbons (Fsp3) is 0.467. The van der Waals surface area contributed by atoms with Crippen molar-refractivity contribution >= 4 is 0 Å². The number of allylic oxidation sites excluding steroid dienone is 5. The topological polar surface area (TPSA) is 3.24 Å². The second-order valence-corrected chi connectivity index (χ2v) is 5.16. The van der Waals surface area contributed by atoms with E-state index in [1.54, 1.807) is 5.57 Å². The summed E-state index contributed by atoms with van der Waals surface area (Å²) < 4.78 is 0. The van der Waals surface area contributed by atoms with Crippen LogP contribution in [0, 0.1) is 11.8 Å². The first-order chi connectivity index (χ1) is 7.77. The zero-order valence-electron chi connectivity index (χ0n) is 10.1. The highest BCUT2D eigenvalue weighted by molar-refractivity contribution is 5.46. The van der Waals surface area contributed by atoms with Crippen molar-refractivity contribution in [1.82, 2.24) is 4.90 Å². The minimum atomic E-state index is 0.549. The van der Waals surface area contributed by atoms with E-state index in [1.807, 2.05) is 0 Å². The molecule has 0 aromatic heterocycles. The standard InChI is InChI=1S/C15H19N/c1-11-6-5-8-13-12-7-3-4-9-14(12)16(2)15(13)10-11/h3-4,7-12,14H,5-6H2,1-2H3. The summed E-state index contributed by atoms with van der Waals surface area (Å²) in [5.74, 6) is 1.30. The molecule has 16 heavy (non-hydrogen) atoms. The van der Waals surface area contributed by atoms with E-state index in [9.17, 15) is 0 Å². The molecule has 3 rings (SSSR count). The first-order valence-corrected chi connectivity index (χ1v) is 6.27. The Labute approximate surface area is 97.8 Å². The zero-order chi connectivity index (χ0) is 11.1. The highest BCUT2D eigenvalue weighted by Gasteiger charge is 2.37. The smallest absolute Gasteiger partial charge is 0.0576 e. The zero-order valence-corrected chi connectivity index (χ0v) is 10.1. The SMILES string of the molecule is CC1C=C2C(=CCC1)C1C=CC=CC1N2C. The summed E-state index contributed by atoms with van der Waals surface area (Å²) in [5, 5.41) is 0. The third kappa shape index (κ3) is 1.38. The second-order valence-electron chi connectivity index (χ2n) is 5.16. The molecule has 1 heterocycles. The molecule has 2 aliphatic carbocycles. The summed E-state index contributed by atoms with van der Waals surface area (Å²) in [7, 11) is 2.23. The average Bonchev–Trinajstić information content (AvgIpc) is 2.47. The van der Waals surface area contributed by atoms with Crippen molar-refractivity contribution < 1.29 is 0 Å². The predicted molar refractivity (Wildman–Crippen MR) is 67.9 cm³/mol. The molecule has 3 unspecified atom stereocenters. The second kappa shape index (κ2) is 3.65. The van der Waals surface area contributed by atoms with Crippen LogP contribution in [0.2, 0.25) is 0 Å². The molecule has 84 valence electrons. The molecular formula is C15H19N. The molecular weight excluding hydrogens is 194 g/mol. The molecule has 0 spiro atoms. The van der Waals surface area contributed by atoms with Gasteiger partial charge in [-0.1, -0.05) is 43.4 Å². The summed E-state index contributed by atoms with van der Waals surface area (Å²) in [4.78, 5) is 2.44. The number of fused-ring (bicyclic) bond motifs is 3. The Bertz CT molecular complexity index is 411. The molecule has 1 saturated heterocycles. The highest BCUT2D eigenvalue weighted by atomic mass is 15.2. The van der Waals surface area contributed by atoms with Gasteiger partial charge in [-0.15, -0.1) is 0 Å². The molecule has 1 heteroatoms. The molecule has 0 amide bonds. The molecule has 0 bridgehead atoms. The summed E-state index contributed by atoms with van der Waals surface area (Å²) in [6.07, 6.45) is 16.5. The molecule has 3 atom stereocenters. The Balaban J connectivity index is 2.06. The molecule has 0 N–H and O–H groups in total. The van der Waals surface area contributed by atoms with Crippen molar-refractivity contribution in [2.24, 2.45) is 11.8 Å². The Morgan fingerprint density at radius 2 is 2.06 bits per heavy atom. The fourth-order valence-corrected chi connectivity index (χ4v) is 3.10. The Hall–Kier alpha value is -1.24. The van der Waals surface area contributed by atoms with Gasteiger partial charge >= 0.3 is 0 Å². The van der Waals surface area contributed by atoms with E-state index < -0.39 is 0 Å². The number of hydrogen-bond donors (Lipinski definition) is 0. The van der Waals surface area contributed by atoms with Gasteiger partial charge in [0, 0.05) is 18.7 Å². The molecule has 1 nitrogen and oxygen atoms in total. The fourth-order valence-electron chi connectivity index (χ4n) is 3.10. The Morgan fingerprint density at radius 1 is 1.25 bits per heavy atom. The lowest BCUT2D eigenvalue weighted by atomic mass is 9.91. The lowest BCUT2D eigenvalue weighted by Gasteiger charge is -2.23. The van der Waals surface area contributed by atoms with Gasteiger partial charge in [-0.05, 0) is 24.3 Å². The van der Waals surface area contributed by atoms with Gasteiger partial charge in [-0.2, -0.15) is 0 Å². The van der Waals surface area contributed by atoms with E-state index in [4.69, 9.17) is 0 Å². The first-order valence-electron chi connectivity index (χ1n) is 6.27. The number of rotatable bonds is 0. The van der Waals surface area contributed by atoms with Crippen LogP contribution in [0.5, 0.6) is 0 Å². The third-order valence-electron chi connectivity index (χ3n) is 4.02.